The lowest BCUT2D eigenvalue weighted by Crippen LogP contribution is -2.14. The molecule has 1 saturated carbocycles. The van der Waals surface area contributed by atoms with Crippen LogP contribution in [-0.2, 0) is 62.6 Å². The lowest BCUT2D eigenvalue weighted by atomic mass is 9.84. The van der Waals surface area contributed by atoms with E-state index < -0.39 is 5.97 Å². The van der Waals surface area contributed by atoms with Crippen LogP contribution in [0.1, 0.15) is 376 Å². The molecule has 0 radical (unpaired) electrons. The van der Waals surface area contributed by atoms with Gasteiger partial charge in [0, 0.05) is 55.9 Å². The molecule has 4 aliphatic carbocycles. The number of carbonyl (C=O) groups excluding carboxylic acids is 3. The van der Waals surface area contributed by atoms with Crippen LogP contribution in [0.25, 0.3) is 0 Å². The maximum absolute atomic E-state index is 11.8. The zero-order valence-electron chi connectivity index (χ0n) is 84.9. The van der Waals surface area contributed by atoms with E-state index in [4.69, 9.17) is 43.3 Å². The van der Waals surface area contributed by atoms with Crippen LogP contribution in [0.5, 0.6) is 11.5 Å². The molecule has 764 valence electrons. The van der Waals surface area contributed by atoms with Crippen molar-refractivity contribution in [3.8, 4) is 11.5 Å². The molecule has 142 heavy (non-hydrogen) atoms. The van der Waals surface area contributed by atoms with Gasteiger partial charge in [0.25, 0.3) is 0 Å². The molecule has 0 saturated heterocycles. The van der Waals surface area contributed by atoms with Crippen molar-refractivity contribution in [3.05, 3.63) is 320 Å². The van der Waals surface area contributed by atoms with E-state index in [9.17, 15) is 29.4 Å². The molecule has 3 N–H and O–H groups in total. The zero-order valence-corrected chi connectivity index (χ0v) is 93.0. The lowest BCUT2D eigenvalue weighted by molar-refractivity contribution is 0.0321. The third kappa shape index (κ3) is 35.0. The van der Waals surface area contributed by atoms with Crippen molar-refractivity contribution in [2.24, 2.45) is 28.7 Å². The van der Waals surface area contributed by atoms with Gasteiger partial charge in [-0.05, 0) is 300 Å². The fourth-order valence-corrected chi connectivity index (χ4v) is 26.5. The molecule has 22 heteroatoms. The summed E-state index contributed by atoms with van der Waals surface area (Å²) in [5, 5.41) is 29.9. The summed E-state index contributed by atoms with van der Waals surface area (Å²) in [7, 11) is 9.61. The molecule has 0 spiro atoms. The number of thiophene rings is 4. The summed E-state index contributed by atoms with van der Waals surface area (Å²) in [6.07, 6.45) is 42.4. The molecule has 0 bridgehead atoms. The van der Waals surface area contributed by atoms with Gasteiger partial charge in [0.2, 0.25) is 0 Å². The van der Waals surface area contributed by atoms with Crippen molar-refractivity contribution in [1.29, 1.82) is 0 Å². The van der Waals surface area contributed by atoms with E-state index in [1.54, 1.807) is 43.0 Å². The Kier molecular flexibility index (Phi) is 49.3. The number of aliphatic imine (C=N–C) groups is 1. The monoisotopic (exact) mass is 2190 g/mol. The third-order valence-electron chi connectivity index (χ3n) is 28.3. The number of carboxylic acids is 1. The van der Waals surface area contributed by atoms with E-state index >= 15 is 0 Å². The van der Waals surface area contributed by atoms with Crippen LogP contribution in [-0.4, -0.2) is 87.5 Å². The van der Waals surface area contributed by atoms with Gasteiger partial charge >= 0.3 is 23.9 Å². The van der Waals surface area contributed by atoms with Crippen LogP contribution < -0.4 is 9.47 Å². The molecule has 0 aliphatic heterocycles. The summed E-state index contributed by atoms with van der Waals surface area (Å²) in [6, 6.07) is 67.1. The summed E-state index contributed by atoms with van der Waals surface area (Å²) in [5.41, 5.74) is 13.5. The number of aliphatic hydroxyl groups excluding tert-OH is 2. The Balaban J connectivity index is 0.000000182. The normalized spacial score (nSPS) is 18.6. The highest BCUT2D eigenvalue weighted by Crippen LogP contribution is 2.50. The molecule has 14 rings (SSSR count). The average Bonchev–Trinajstić information content (AvgIpc) is 1.67. The standard InChI is InChI=1S/C35H45NO4S.C34H41BrO4S.C26H33BrO3S.C25H31BrO3S/c1-5-6-7-11-32(40-24-25-12-19-29(38-3)20-13-25)26-14-16-28(17-15-26)34-27(18-22-31(34)36-2)9-8-10-30-21-23-33(41-30)35(37)39-4;1-4-5-6-10-31(39-23-24-11-18-28(37-2)19-12-24)25-13-15-27(16-14-25)33-26(17-21-30(33)35)8-7-9-29-20-22-32(40-29)34(36)38-3;1-3-4-5-9-23(28)18-10-12-20(13-11-18)25-19(14-16-22(25)27)7-6-8-21-15-17-24(31-21)26(29)30-2;1-2-3-4-8-22(27)17-9-11-19(12-10-17)24-18(13-15-21(24)26)6-5-7-20-14-16-23(30-20)25(28)29/h12-17,19-21,23,27,32,34H,5-11,18,22,24H2,1-4H3;11-16,18-22,26,31,33H,4-10,17,23H2,1-3H3;10-13,15-17,19,23,25,28H,3-9,14H2,1-2H3;9-12,14-16,18,22,24,27H,2-8,13H2,1H3,(H,28,29)/t27-,32?,34-;26-,31?,33-;19-,23?,25-;18-,22?,24-/m0000/s1. The Morgan fingerprint density at radius 1 is 0.359 bits per heavy atom. The van der Waals surface area contributed by atoms with Gasteiger partial charge in [-0.15, -0.1) is 45.3 Å². The molecule has 4 aromatic heterocycles. The smallest absolute Gasteiger partial charge is 0.348 e. The number of halogens is 3. The first-order chi connectivity index (χ1) is 69.1. The van der Waals surface area contributed by atoms with Gasteiger partial charge < -0.3 is 48.5 Å². The maximum Gasteiger partial charge on any atom is 0.348 e. The topological polar surface area (TPSA) is 206 Å². The highest BCUT2D eigenvalue weighted by molar-refractivity contribution is 9.12. The molecular formula is C120H150Br3NO14S4. The van der Waals surface area contributed by atoms with Gasteiger partial charge in [0.1, 0.15) is 31.0 Å². The number of rotatable bonds is 52. The number of unbranched alkanes of at least 4 members (excludes halogenated alkanes) is 8. The van der Waals surface area contributed by atoms with Crippen LogP contribution in [0.2, 0.25) is 0 Å². The zero-order chi connectivity index (χ0) is 101. The van der Waals surface area contributed by atoms with E-state index in [0.29, 0.717) is 80.1 Å². The van der Waals surface area contributed by atoms with Crippen LogP contribution in [0.3, 0.4) is 0 Å². The molecule has 6 aromatic carbocycles. The second-order valence-corrected chi connectivity index (χ2v) is 45.5. The number of carboxylic acid groups (broad SMARTS) is 1. The lowest BCUT2D eigenvalue weighted by Gasteiger charge is -2.23. The number of methoxy groups -OCH3 is 5. The third-order valence-corrected chi connectivity index (χ3v) is 35.2. The first-order valence-corrected chi connectivity index (χ1v) is 57.3. The number of aromatic carboxylic acids is 1. The van der Waals surface area contributed by atoms with Crippen LogP contribution in [0.15, 0.2) is 231 Å². The first-order valence-electron chi connectivity index (χ1n) is 51.7. The molecule has 4 aliphatic rings. The fourth-order valence-electron chi connectivity index (χ4n) is 20.2. The van der Waals surface area contributed by atoms with Crippen LogP contribution in [0.4, 0.5) is 0 Å². The Morgan fingerprint density at radius 2 is 0.655 bits per heavy atom. The number of allylic oxidation sites excluding steroid dienone is 6. The largest absolute Gasteiger partial charge is 0.497 e. The minimum absolute atomic E-state index is 0.0806. The molecule has 0 amide bonds. The quantitative estimate of drug-likeness (QED) is 0.0184. The summed E-state index contributed by atoms with van der Waals surface area (Å²) >= 11 is 17.5. The average molecular weight is 2200 g/mol. The van der Waals surface area contributed by atoms with Crippen molar-refractivity contribution in [3.63, 3.8) is 0 Å². The second-order valence-electron chi connectivity index (χ2n) is 38.1. The van der Waals surface area contributed by atoms with Crippen molar-refractivity contribution < 1.29 is 67.7 Å². The molecule has 1 fully saturated rings. The van der Waals surface area contributed by atoms with Crippen molar-refractivity contribution in [1.82, 2.24) is 0 Å². The summed E-state index contributed by atoms with van der Waals surface area (Å²) in [5.74, 6) is 3.97. The van der Waals surface area contributed by atoms with Gasteiger partial charge in [-0.3, -0.25) is 4.99 Å². The number of nitrogens with zero attached hydrogens (tertiary/aromatic N) is 1. The molecular weight excluding hydrogens is 2050 g/mol. The van der Waals surface area contributed by atoms with Gasteiger partial charge in [-0.2, -0.15) is 0 Å². The minimum Gasteiger partial charge on any atom is -0.497 e. The predicted octanol–water partition coefficient (Wildman–Crippen LogP) is 33.8. The Hall–Kier alpha value is -8.23. The highest BCUT2D eigenvalue weighted by atomic mass is 79.9. The number of aliphatic hydroxyl groups is 2. The van der Waals surface area contributed by atoms with Crippen molar-refractivity contribution in [2.75, 3.05) is 42.6 Å². The minimum atomic E-state index is -0.839. The number of ether oxygens (including phenoxy) is 7. The molecule has 15 nitrogen and oxygen atoms in total. The summed E-state index contributed by atoms with van der Waals surface area (Å²) < 4.78 is 41.9. The number of esters is 3. The maximum atomic E-state index is 11.8. The second kappa shape index (κ2) is 61.4. The number of hydrogen-bond acceptors (Lipinski definition) is 18. The fraction of sp³-hybridized carbons (Fsp3) is 0.475. The van der Waals surface area contributed by atoms with Crippen LogP contribution >= 0.6 is 93.1 Å². The highest BCUT2D eigenvalue weighted by Gasteiger charge is 2.36. The summed E-state index contributed by atoms with van der Waals surface area (Å²) in [4.78, 5) is 58.3. The van der Waals surface area contributed by atoms with Crippen molar-refractivity contribution in [2.45, 2.75) is 301 Å². The number of carbonyl (C=O) groups is 4. The summed E-state index contributed by atoms with van der Waals surface area (Å²) in [6.45, 7) is 10.0. The number of aryl methyl sites for hydroxylation is 4. The van der Waals surface area contributed by atoms with Gasteiger partial charge in [-0.25, -0.2) is 19.2 Å². The number of hydrogen-bond donors (Lipinski definition) is 3. The van der Waals surface area contributed by atoms with Crippen LogP contribution in [0, 0.1) is 23.7 Å². The number of benzene rings is 6. The van der Waals surface area contributed by atoms with E-state index in [2.05, 4.69) is 227 Å². The van der Waals surface area contributed by atoms with Crippen molar-refractivity contribution >= 4 is 123 Å². The van der Waals surface area contributed by atoms with E-state index in [0.717, 1.165) is 193 Å². The van der Waals surface area contributed by atoms with E-state index in [1.807, 2.05) is 61.6 Å². The van der Waals surface area contributed by atoms with Gasteiger partial charge in [0.15, 0.2) is 0 Å². The van der Waals surface area contributed by atoms with Gasteiger partial charge in [0.05, 0.1) is 73.2 Å². The first kappa shape index (κ1) is 114. The molecule has 12 atom stereocenters. The van der Waals surface area contributed by atoms with Gasteiger partial charge in [-0.1, -0.05) is 292 Å². The Labute approximate surface area is 887 Å². The SMILES string of the molecule is CCCCCC(O)c1ccc([C@H]2C(Br)=CC[C@@H]2CCCc2ccc(C(=O)O)s2)cc1.CCCCCC(O)c1ccc([C@H]2C(Br)=CC[C@@H]2CCCc2ccc(C(=O)OC)s2)cc1.CCCCCC(OCc1ccc(OC)cc1)c1ccc([C@H]2C(=NC)CC[C@@H]2CCCc2ccc(C(=O)OC)s2)cc1.CCCCCC(OCc1ccc(OC)cc1)c1ccc([C@H]2C(Br)=CC[C@@H]2CCCc2ccc(C(=O)OC)s2)cc1. The Bertz CT molecular complexity index is 5560. The molecule has 4 heterocycles. The molecule has 10 aromatic rings. The van der Waals surface area contributed by atoms with E-state index in [-0.39, 0.29) is 42.3 Å². The molecule has 4 unspecified atom stereocenters. The predicted molar refractivity (Wildman–Crippen MR) is 596 cm³/mol. The Morgan fingerprint density at radius 3 is 0.951 bits per heavy atom. The van der Waals surface area contributed by atoms with E-state index in [1.165, 1.54) is 169 Å².